The summed E-state index contributed by atoms with van der Waals surface area (Å²) in [4.78, 5) is 14.0. The lowest BCUT2D eigenvalue weighted by Crippen LogP contribution is -2.38. The van der Waals surface area contributed by atoms with Crippen LogP contribution in [0, 0.1) is 6.92 Å². The smallest absolute Gasteiger partial charge is 0.246 e. The van der Waals surface area contributed by atoms with Gasteiger partial charge in [-0.05, 0) is 41.3 Å². The van der Waals surface area contributed by atoms with E-state index in [1.807, 2.05) is 11.0 Å². The lowest BCUT2D eigenvalue weighted by Gasteiger charge is -2.35. The van der Waals surface area contributed by atoms with Crippen molar-refractivity contribution in [3.05, 3.63) is 81.8 Å². The lowest BCUT2D eigenvalue weighted by atomic mass is 9.83. The predicted molar refractivity (Wildman–Crippen MR) is 92.8 cm³/mol. The Labute approximate surface area is 139 Å². The van der Waals surface area contributed by atoms with Crippen molar-refractivity contribution in [3.63, 3.8) is 0 Å². The number of carbonyl (C=O) groups excluding carboxylic acids is 1. The zero-order valence-corrected chi connectivity index (χ0v) is 14.1. The van der Waals surface area contributed by atoms with Gasteiger partial charge in [0, 0.05) is 23.5 Å². The highest BCUT2D eigenvalue weighted by atomic mass is 79.9. The number of rotatable bonds is 2. The molecule has 0 N–H and O–H groups in total. The molecule has 1 aliphatic heterocycles. The normalized spacial score (nSPS) is 17.0. The minimum absolute atomic E-state index is 0.00999. The van der Waals surface area contributed by atoms with Gasteiger partial charge in [-0.25, -0.2) is 0 Å². The molecule has 0 aliphatic carbocycles. The lowest BCUT2D eigenvalue weighted by molar-refractivity contribution is -0.127. The number of benzene rings is 2. The first-order valence-corrected chi connectivity index (χ1v) is 8.15. The molecule has 0 radical (unpaired) electrons. The van der Waals surface area contributed by atoms with Gasteiger partial charge in [-0.2, -0.15) is 0 Å². The van der Waals surface area contributed by atoms with Gasteiger partial charge in [0.05, 0.1) is 0 Å². The third-order valence-corrected chi connectivity index (χ3v) is 5.00. The number of halogens is 1. The summed E-state index contributed by atoms with van der Waals surface area (Å²) in [5, 5.41) is 0. The number of aryl methyl sites for hydroxylation is 1. The van der Waals surface area contributed by atoms with Crippen LogP contribution >= 0.6 is 15.9 Å². The number of amides is 1. The van der Waals surface area contributed by atoms with E-state index in [1.165, 1.54) is 28.3 Å². The molecule has 2 nitrogen and oxygen atoms in total. The van der Waals surface area contributed by atoms with Crippen LogP contribution in [0.25, 0.3) is 0 Å². The Morgan fingerprint density at radius 3 is 2.77 bits per heavy atom. The van der Waals surface area contributed by atoms with Crippen molar-refractivity contribution in [1.29, 1.82) is 0 Å². The van der Waals surface area contributed by atoms with Gasteiger partial charge >= 0.3 is 0 Å². The molecule has 1 atom stereocenters. The van der Waals surface area contributed by atoms with Crippen molar-refractivity contribution in [2.75, 3.05) is 6.54 Å². The van der Waals surface area contributed by atoms with E-state index in [0.717, 1.165) is 4.47 Å². The van der Waals surface area contributed by atoms with E-state index < -0.39 is 0 Å². The van der Waals surface area contributed by atoms with E-state index in [4.69, 9.17) is 0 Å². The second kappa shape index (κ2) is 6.09. The third-order valence-electron chi connectivity index (χ3n) is 4.31. The zero-order valence-electron chi connectivity index (χ0n) is 12.6. The molecule has 0 saturated heterocycles. The molecule has 3 rings (SSSR count). The van der Waals surface area contributed by atoms with Crippen LogP contribution < -0.4 is 0 Å². The number of hydrogen-bond acceptors (Lipinski definition) is 1. The zero-order chi connectivity index (χ0) is 15.7. The SMILES string of the molecule is C=CC(=O)N1Cc2cccc(Br)c2[C@H](c2ccccc2C)C1. The summed E-state index contributed by atoms with van der Waals surface area (Å²) in [5.74, 6) is 0.175. The number of fused-ring (bicyclic) bond motifs is 1. The maximum absolute atomic E-state index is 12.1. The summed E-state index contributed by atoms with van der Waals surface area (Å²) in [7, 11) is 0. The molecule has 2 aromatic rings. The fourth-order valence-electron chi connectivity index (χ4n) is 3.22. The van der Waals surface area contributed by atoms with Gasteiger partial charge in [0.25, 0.3) is 0 Å². The molecule has 112 valence electrons. The van der Waals surface area contributed by atoms with Crippen LogP contribution in [0.5, 0.6) is 0 Å². The summed E-state index contributed by atoms with van der Waals surface area (Å²) < 4.78 is 1.11. The van der Waals surface area contributed by atoms with Crippen molar-refractivity contribution < 1.29 is 4.79 Å². The fraction of sp³-hybridized carbons (Fsp3) is 0.211. The van der Waals surface area contributed by atoms with Crippen molar-refractivity contribution in [2.45, 2.75) is 19.4 Å². The second-order valence-electron chi connectivity index (χ2n) is 5.64. The summed E-state index contributed by atoms with van der Waals surface area (Å²) in [6, 6.07) is 14.6. The van der Waals surface area contributed by atoms with E-state index in [0.29, 0.717) is 13.1 Å². The molecule has 22 heavy (non-hydrogen) atoms. The molecule has 3 heteroatoms. The number of nitrogens with zero attached hydrogens (tertiary/aromatic N) is 1. The van der Waals surface area contributed by atoms with Crippen molar-refractivity contribution >= 4 is 21.8 Å². The molecule has 0 saturated carbocycles. The van der Waals surface area contributed by atoms with Crippen molar-refractivity contribution in [2.24, 2.45) is 0 Å². The van der Waals surface area contributed by atoms with Crippen LogP contribution in [0.2, 0.25) is 0 Å². The fourth-order valence-corrected chi connectivity index (χ4v) is 3.90. The molecule has 1 amide bonds. The second-order valence-corrected chi connectivity index (χ2v) is 6.50. The third kappa shape index (κ3) is 2.61. The Balaban J connectivity index is 2.14. The first kappa shape index (κ1) is 15.0. The Morgan fingerprint density at radius 1 is 1.27 bits per heavy atom. The van der Waals surface area contributed by atoms with Crippen LogP contribution in [-0.2, 0) is 11.3 Å². The van der Waals surface area contributed by atoms with Gasteiger partial charge in [0.15, 0.2) is 0 Å². The largest absolute Gasteiger partial charge is 0.334 e. The average molecular weight is 356 g/mol. The molecule has 1 aliphatic rings. The van der Waals surface area contributed by atoms with Crippen LogP contribution in [0.1, 0.15) is 28.2 Å². The quantitative estimate of drug-likeness (QED) is 0.730. The molecule has 0 bridgehead atoms. The molecule has 0 fully saturated rings. The molecule has 1 heterocycles. The first-order chi connectivity index (χ1) is 10.6. The minimum Gasteiger partial charge on any atom is -0.334 e. The van der Waals surface area contributed by atoms with Crippen LogP contribution in [0.4, 0.5) is 0 Å². The Morgan fingerprint density at radius 2 is 2.05 bits per heavy atom. The highest BCUT2D eigenvalue weighted by Gasteiger charge is 2.30. The summed E-state index contributed by atoms with van der Waals surface area (Å²) in [6.07, 6.45) is 1.40. The summed E-state index contributed by atoms with van der Waals surface area (Å²) >= 11 is 3.69. The van der Waals surface area contributed by atoms with Gasteiger partial charge in [0.2, 0.25) is 5.91 Å². The van der Waals surface area contributed by atoms with Crippen LogP contribution in [0.15, 0.2) is 59.6 Å². The van der Waals surface area contributed by atoms with Crippen LogP contribution in [0.3, 0.4) is 0 Å². The van der Waals surface area contributed by atoms with E-state index in [2.05, 4.69) is 65.8 Å². The average Bonchev–Trinajstić information content (AvgIpc) is 2.54. The van der Waals surface area contributed by atoms with E-state index in [9.17, 15) is 4.79 Å². The topological polar surface area (TPSA) is 20.3 Å². The van der Waals surface area contributed by atoms with Crippen LogP contribution in [-0.4, -0.2) is 17.4 Å². The molecule has 0 spiro atoms. The van der Waals surface area contributed by atoms with Gasteiger partial charge in [-0.1, -0.05) is 58.9 Å². The van der Waals surface area contributed by atoms with Gasteiger partial charge in [-0.3, -0.25) is 4.79 Å². The first-order valence-electron chi connectivity index (χ1n) is 7.36. The van der Waals surface area contributed by atoms with Gasteiger partial charge in [0.1, 0.15) is 0 Å². The van der Waals surface area contributed by atoms with Crippen molar-refractivity contribution in [1.82, 2.24) is 4.90 Å². The standard InChI is InChI=1S/C19H18BrNO/c1-3-18(22)21-11-14-8-6-10-17(20)19(14)16(12-21)15-9-5-4-7-13(15)2/h3-10,16H,1,11-12H2,2H3/t16-/m0/s1. The summed E-state index contributed by atoms with van der Waals surface area (Å²) in [6.45, 7) is 7.08. The number of hydrogen-bond donors (Lipinski definition) is 0. The molecular weight excluding hydrogens is 338 g/mol. The van der Waals surface area contributed by atoms with E-state index >= 15 is 0 Å². The maximum Gasteiger partial charge on any atom is 0.246 e. The molecule has 0 unspecified atom stereocenters. The monoisotopic (exact) mass is 355 g/mol. The van der Waals surface area contributed by atoms with Crippen molar-refractivity contribution in [3.8, 4) is 0 Å². The summed E-state index contributed by atoms with van der Waals surface area (Å²) in [5.41, 5.74) is 5.02. The number of carbonyl (C=O) groups is 1. The molecule has 0 aromatic heterocycles. The Bertz CT molecular complexity index is 738. The maximum atomic E-state index is 12.1. The predicted octanol–water partition coefficient (Wildman–Crippen LogP) is 4.42. The molecular formula is C19H18BrNO. The van der Waals surface area contributed by atoms with E-state index in [-0.39, 0.29) is 11.8 Å². The Hall–Kier alpha value is -1.87. The Kier molecular flexibility index (Phi) is 4.16. The molecule has 2 aromatic carbocycles. The van der Waals surface area contributed by atoms with E-state index in [1.54, 1.807) is 0 Å². The minimum atomic E-state index is -0.00999. The van der Waals surface area contributed by atoms with Gasteiger partial charge in [-0.15, -0.1) is 0 Å². The highest BCUT2D eigenvalue weighted by molar-refractivity contribution is 9.10. The highest BCUT2D eigenvalue weighted by Crippen LogP contribution is 2.39. The van der Waals surface area contributed by atoms with Gasteiger partial charge < -0.3 is 4.90 Å².